The number of cyclic esters (lactones) is 1. The first-order valence-electron chi connectivity index (χ1n) is 23.9. The molecule has 3 heterocycles. The van der Waals surface area contributed by atoms with Crippen molar-refractivity contribution in [2.24, 2.45) is 17.6 Å². The monoisotopic (exact) mass is 1010 g/mol. The zero-order chi connectivity index (χ0) is 52.8. The second-order valence-electron chi connectivity index (χ2n) is 18.4. The lowest BCUT2D eigenvalue weighted by molar-refractivity contribution is -0.303. The summed E-state index contributed by atoms with van der Waals surface area (Å²) in [5.74, 6) is -3.83. The van der Waals surface area contributed by atoms with Crippen molar-refractivity contribution in [3.63, 3.8) is 0 Å². The number of nitrogens with two attached hydrogens (primary N) is 1. The molecule has 15 N–H and O–H groups in total. The summed E-state index contributed by atoms with van der Waals surface area (Å²) in [5.41, 5.74) is 10.1. The van der Waals surface area contributed by atoms with E-state index in [0.717, 1.165) is 7.11 Å². The van der Waals surface area contributed by atoms with Gasteiger partial charge in [-0.1, -0.05) is 98.9 Å². The Balaban J connectivity index is 1.93. The van der Waals surface area contributed by atoms with Crippen LogP contribution in [0.1, 0.15) is 79.1 Å². The van der Waals surface area contributed by atoms with E-state index < -0.39 is 153 Å². The number of hydrogen-bond acceptors (Lipinski definition) is 19. The topological polar surface area (TPSA) is 362 Å². The Hall–Kier alpha value is -4.37. The number of amides is 3. The van der Waals surface area contributed by atoms with Crippen molar-refractivity contribution in [2.75, 3.05) is 7.11 Å². The summed E-state index contributed by atoms with van der Waals surface area (Å²) in [7, 11) is 1.06. The van der Waals surface area contributed by atoms with E-state index in [-0.39, 0.29) is 31.6 Å². The van der Waals surface area contributed by atoms with Gasteiger partial charge in [-0.2, -0.15) is 0 Å². The molecular weight excluding hydrogens is 933 g/mol. The van der Waals surface area contributed by atoms with Crippen LogP contribution < -0.4 is 21.9 Å². The molecule has 2 bridgehead atoms. The van der Waals surface area contributed by atoms with Crippen LogP contribution in [0.25, 0.3) is 0 Å². The highest BCUT2D eigenvalue weighted by atomic mass is 16.7. The molecule has 0 aromatic heterocycles. The van der Waals surface area contributed by atoms with Gasteiger partial charge in [0.15, 0.2) is 12.1 Å². The van der Waals surface area contributed by atoms with Gasteiger partial charge in [0, 0.05) is 37.5 Å². The molecule has 0 aliphatic carbocycles. The molecule has 3 aliphatic rings. The van der Waals surface area contributed by atoms with E-state index in [0.29, 0.717) is 0 Å². The number of methoxy groups -OCH3 is 1. The van der Waals surface area contributed by atoms with Gasteiger partial charge in [0.25, 0.3) is 0 Å². The smallest absolute Gasteiger partial charge is 0.425 e. The van der Waals surface area contributed by atoms with Gasteiger partial charge in [0.2, 0.25) is 0 Å². The van der Waals surface area contributed by atoms with Gasteiger partial charge in [-0.25, -0.2) is 20.4 Å². The Kier molecular flexibility index (Phi) is 26.3. The number of hydrazine groups is 1. The molecule has 22 nitrogen and oxygen atoms in total. The molecule has 0 saturated carbocycles. The highest BCUT2D eigenvalue weighted by molar-refractivity contribution is 5.77. The van der Waals surface area contributed by atoms with Crippen molar-refractivity contribution < 1.29 is 89.1 Å². The summed E-state index contributed by atoms with van der Waals surface area (Å²) in [6, 6.07) is -3.53. The normalized spacial score (nSPS) is 42.4. The molecule has 19 atom stereocenters. The average Bonchev–Trinajstić information content (AvgIpc) is 3.30. The molecule has 2 fully saturated rings. The van der Waals surface area contributed by atoms with E-state index in [1.807, 2.05) is 18.4 Å². The summed E-state index contributed by atoms with van der Waals surface area (Å²) < 4.78 is 28.0. The Bertz CT molecular complexity index is 1850. The van der Waals surface area contributed by atoms with Crippen molar-refractivity contribution in [1.82, 2.24) is 16.2 Å². The lowest BCUT2D eigenvalue weighted by Crippen LogP contribution is -2.64. The highest BCUT2D eigenvalue weighted by Crippen LogP contribution is 2.35. The molecule has 2 saturated heterocycles. The Morgan fingerprint density at radius 3 is 1.87 bits per heavy atom. The second kappa shape index (κ2) is 30.6. The number of rotatable bonds is 3. The fourth-order valence-corrected chi connectivity index (χ4v) is 8.18. The van der Waals surface area contributed by atoms with Gasteiger partial charge in [-0.3, -0.25) is 4.79 Å². The predicted molar refractivity (Wildman–Crippen MR) is 257 cm³/mol. The molecule has 0 radical (unpaired) electrons. The first-order valence-corrected chi connectivity index (χ1v) is 23.9. The molecular formula is C49H78N4O18. The van der Waals surface area contributed by atoms with Crippen LogP contribution >= 0.6 is 0 Å². The molecule has 71 heavy (non-hydrogen) atoms. The molecule has 0 spiro atoms. The third kappa shape index (κ3) is 21.3. The molecule has 3 aliphatic heterocycles. The SMILES string of the molecule is COC(=O)NNC(=O)N[C@H]1[C@@H]2C[C@@H](O[C@@H]3O[C@H](C)[C@@H](O)[C@H](N)[C@@H]3O)/C=C/C=C/C=C/C=C/C=C/C=C/C=C/[C@H](C)[C@@H](O)[C@@H](C)[C@H](C)OC(=O)C[C@H](O)C[C@H](O)CC[C@@H](O)[C@H](O)C[C@H](O)C[C@](O)(C[C@@H]1O)O2. The summed E-state index contributed by atoms with van der Waals surface area (Å²) in [5, 5.41) is 112. The molecule has 3 rings (SSSR count). The second-order valence-corrected chi connectivity index (χ2v) is 18.4. The highest BCUT2D eigenvalue weighted by Gasteiger charge is 2.49. The number of fused-ring (bicyclic) bond motifs is 2. The molecule has 0 unspecified atom stereocenters. The van der Waals surface area contributed by atoms with Crippen LogP contribution in [0.15, 0.2) is 85.1 Å². The third-order valence-corrected chi connectivity index (χ3v) is 12.5. The van der Waals surface area contributed by atoms with E-state index in [4.69, 9.17) is 24.7 Å². The van der Waals surface area contributed by atoms with Crippen LogP contribution in [0.3, 0.4) is 0 Å². The zero-order valence-corrected chi connectivity index (χ0v) is 40.9. The Morgan fingerprint density at radius 1 is 0.676 bits per heavy atom. The van der Waals surface area contributed by atoms with Gasteiger partial charge in [0.05, 0.1) is 92.8 Å². The van der Waals surface area contributed by atoms with Gasteiger partial charge in [-0.05, 0) is 33.1 Å². The van der Waals surface area contributed by atoms with Gasteiger partial charge in [-0.15, -0.1) is 0 Å². The minimum absolute atomic E-state index is 0.120. The zero-order valence-electron chi connectivity index (χ0n) is 40.9. The van der Waals surface area contributed by atoms with Crippen LogP contribution in [0.5, 0.6) is 0 Å². The lowest BCUT2D eigenvalue weighted by atomic mass is 9.87. The van der Waals surface area contributed by atoms with E-state index in [9.17, 15) is 65.4 Å². The lowest BCUT2D eigenvalue weighted by Gasteiger charge is -2.46. The number of carbonyl (C=O) groups excluding carboxylic acids is 3. The van der Waals surface area contributed by atoms with Crippen LogP contribution in [0.2, 0.25) is 0 Å². The number of aliphatic hydroxyl groups excluding tert-OH is 9. The Morgan fingerprint density at radius 2 is 1.27 bits per heavy atom. The number of allylic oxidation sites excluding steroid dienone is 12. The number of carbonyl (C=O) groups is 3. The Labute approximate surface area is 414 Å². The standard InChI is InChI=1S/C49H78N4O18/c1-28-18-16-14-12-10-8-6-7-9-11-13-15-17-19-35(70-46-45(63)41(50)44(62)31(4)69-46)25-39-42(51-47(64)52-53-48(65)67-5)38(59)27-49(66,71-39)26-34(56)23-37(58)36(57)21-20-32(54)22-33(55)24-40(60)68-30(3)29(2)43(28)61/h6-19,28-39,41-46,54-59,61-63,66H,20-27,50H2,1-5H3,(H,53,65)(H2,51,52,64)/b7-6+,10-8+,11-9+,14-12+,15-13+,18-16+,19-17+/t28-,29-,30-,31+,32+,33+,34-,35-,36+,37+,38-,39-,41-,42+,43+,44+,45-,46-,49+/m0/s1. The summed E-state index contributed by atoms with van der Waals surface area (Å²) in [4.78, 5) is 37.3. The number of esters is 1. The maximum atomic E-state index is 12.9. The molecule has 402 valence electrons. The molecule has 3 amide bonds. The molecule has 22 heteroatoms. The van der Waals surface area contributed by atoms with Crippen LogP contribution in [-0.2, 0) is 28.5 Å². The van der Waals surface area contributed by atoms with Crippen molar-refractivity contribution in [3.05, 3.63) is 85.1 Å². The fraction of sp³-hybridized carbons (Fsp3) is 0.653. The minimum atomic E-state index is -2.33. The van der Waals surface area contributed by atoms with Crippen LogP contribution in [0.4, 0.5) is 9.59 Å². The van der Waals surface area contributed by atoms with Crippen molar-refractivity contribution in [2.45, 2.75) is 183 Å². The first-order chi connectivity index (χ1) is 33.5. The molecule has 0 aromatic rings. The number of aliphatic hydroxyl groups is 10. The predicted octanol–water partition coefficient (Wildman–Crippen LogP) is -0.0503. The first kappa shape index (κ1) is 60.9. The van der Waals surface area contributed by atoms with Crippen molar-refractivity contribution in [3.8, 4) is 0 Å². The van der Waals surface area contributed by atoms with E-state index in [1.165, 1.54) is 13.0 Å². The number of hydrogen-bond donors (Lipinski definition) is 14. The van der Waals surface area contributed by atoms with E-state index >= 15 is 0 Å². The van der Waals surface area contributed by atoms with E-state index in [1.54, 1.807) is 86.8 Å². The van der Waals surface area contributed by atoms with E-state index in [2.05, 4.69) is 15.5 Å². The average molecular weight is 1010 g/mol. The summed E-state index contributed by atoms with van der Waals surface area (Å²) in [6.07, 6.45) is 2.48. The van der Waals surface area contributed by atoms with Crippen LogP contribution in [0, 0.1) is 11.8 Å². The maximum Gasteiger partial charge on any atom is 0.425 e. The van der Waals surface area contributed by atoms with Crippen molar-refractivity contribution in [1.29, 1.82) is 0 Å². The molecule has 0 aromatic carbocycles. The number of ether oxygens (including phenoxy) is 5. The quantitative estimate of drug-likeness (QED) is 0.130. The number of urea groups is 1. The summed E-state index contributed by atoms with van der Waals surface area (Å²) in [6.45, 7) is 6.73. The minimum Gasteiger partial charge on any atom is -0.462 e. The van der Waals surface area contributed by atoms with Crippen LogP contribution in [-0.4, -0.2) is 180 Å². The third-order valence-electron chi connectivity index (χ3n) is 12.5. The van der Waals surface area contributed by atoms with Crippen molar-refractivity contribution >= 4 is 18.1 Å². The number of nitrogens with one attached hydrogen (secondary N) is 3. The van der Waals surface area contributed by atoms with Gasteiger partial charge in [0.1, 0.15) is 12.2 Å². The largest absolute Gasteiger partial charge is 0.462 e. The van der Waals surface area contributed by atoms with Gasteiger partial charge < -0.3 is 85.8 Å². The fourth-order valence-electron chi connectivity index (χ4n) is 8.18. The van der Waals surface area contributed by atoms with Gasteiger partial charge >= 0.3 is 18.1 Å². The summed E-state index contributed by atoms with van der Waals surface area (Å²) >= 11 is 0. The maximum absolute atomic E-state index is 12.9.